The number of nitrogens with two attached hydrogens (primary N) is 1. The van der Waals surface area contributed by atoms with Crippen LogP contribution in [0.1, 0.15) is 43.7 Å². The van der Waals surface area contributed by atoms with Gasteiger partial charge in [0.2, 0.25) is 0 Å². The van der Waals surface area contributed by atoms with Crippen LogP contribution < -0.4 is 5.73 Å². The van der Waals surface area contributed by atoms with Crippen LogP contribution in [0.15, 0.2) is 18.2 Å². The molecular weight excluding hydrogens is 271 g/mol. The highest BCUT2D eigenvalue weighted by Crippen LogP contribution is 2.22. The molecule has 1 aromatic rings. The Balaban J connectivity index is 2.06. The molecule has 2 nitrogen and oxygen atoms in total. The summed E-state index contributed by atoms with van der Waals surface area (Å²) in [5.41, 5.74) is 6.61. The zero-order valence-electron chi connectivity index (χ0n) is 12.1. The second kappa shape index (κ2) is 7.14. The van der Waals surface area contributed by atoms with E-state index in [1.807, 2.05) is 12.1 Å². The molecule has 0 aliphatic carbocycles. The maximum atomic E-state index is 14.3. The molecule has 1 fully saturated rings. The van der Waals surface area contributed by atoms with E-state index in [4.69, 9.17) is 18.0 Å². The van der Waals surface area contributed by atoms with E-state index in [0.717, 1.165) is 19.0 Å². The summed E-state index contributed by atoms with van der Waals surface area (Å²) in [6.07, 6.45) is 4.96. The van der Waals surface area contributed by atoms with E-state index in [1.54, 1.807) is 6.07 Å². The van der Waals surface area contributed by atoms with Crippen LogP contribution in [0, 0.1) is 11.7 Å². The first-order valence-electron chi connectivity index (χ1n) is 7.41. The molecule has 1 aliphatic rings. The largest absolute Gasteiger partial charge is 0.389 e. The molecule has 2 N–H and O–H groups in total. The van der Waals surface area contributed by atoms with Gasteiger partial charge in [-0.05, 0) is 44.3 Å². The van der Waals surface area contributed by atoms with Crippen LogP contribution in [0.2, 0.25) is 0 Å². The van der Waals surface area contributed by atoms with Gasteiger partial charge in [-0.1, -0.05) is 37.7 Å². The predicted molar refractivity (Wildman–Crippen MR) is 85.2 cm³/mol. The lowest BCUT2D eigenvalue weighted by Crippen LogP contribution is -2.25. The molecular formula is C16H23FN2S. The summed E-state index contributed by atoms with van der Waals surface area (Å²) >= 11 is 4.89. The molecule has 0 aromatic heterocycles. The Morgan fingerprint density at radius 3 is 2.90 bits per heavy atom. The fourth-order valence-corrected chi connectivity index (χ4v) is 3.08. The maximum absolute atomic E-state index is 14.3. The zero-order chi connectivity index (χ0) is 14.5. The van der Waals surface area contributed by atoms with Crippen molar-refractivity contribution in [3.63, 3.8) is 0 Å². The van der Waals surface area contributed by atoms with Gasteiger partial charge in [-0.25, -0.2) is 4.39 Å². The average Bonchev–Trinajstić information content (AvgIpc) is 2.66. The van der Waals surface area contributed by atoms with Crippen LogP contribution in [0.3, 0.4) is 0 Å². The Hall–Kier alpha value is -1.00. The summed E-state index contributed by atoms with van der Waals surface area (Å²) in [7, 11) is 0. The molecule has 0 bridgehead atoms. The molecule has 1 unspecified atom stereocenters. The minimum Gasteiger partial charge on any atom is -0.389 e. The van der Waals surface area contributed by atoms with Crippen molar-refractivity contribution in [3.05, 3.63) is 35.1 Å². The summed E-state index contributed by atoms with van der Waals surface area (Å²) in [5.74, 6) is 0.573. The molecule has 0 saturated carbocycles. The lowest BCUT2D eigenvalue weighted by atomic mass is 9.98. The number of rotatable bonds is 4. The van der Waals surface area contributed by atoms with Crippen molar-refractivity contribution in [1.29, 1.82) is 0 Å². The summed E-state index contributed by atoms with van der Waals surface area (Å²) < 4.78 is 14.3. The molecule has 0 spiro atoms. The molecule has 4 heteroatoms. The van der Waals surface area contributed by atoms with Crippen LogP contribution in [0.4, 0.5) is 4.39 Å². The summed E-state index contributed by atoms with van der Waals surface area (Å²) in [5, 5.41) is 0. The number of likely N-dealkylation sites (tertiary alicyclic amines) is 1. The smallest absolute Gasteiger partial charge is 0.137 e. The minimum atomic E-state index is -0.253. The monoisotopic (exact) mass is 294 g/mol. The summed E-state index contributed by atoms with van der Waals surface area (Å²) in [4.78, 5) is 2.48. The van der Waals surface area contributed by atoms with Gasteiger partial charge in [0.25, 0.3) is 0 Å². The second-order valence-corrected chi connectivity index (χ2v) is 6.06. The van der Waals surface area contributed by atoms with E-state index in [9.17, 15) is 4.39 Å². The van der Waals surface area contributed by atoms with Crippen molar-refractivity contribution in [1.82, 2.24) is 4.90 Å². The van der Waals surface area contributed by atoms with E-state index in [1.165, 1.54) is 25.7 Å². The average molecular weight is 294 g/mol. The minimum absolute atomic E-state index is 0.131. The van der Waals surface area contributed by atoms with Crippen LogP contribution >= 0.6 is 12.2 Å². The molecule has 1 aromatic carbocycles. The highest BCUT2D eigenvalue weighted by atomic mass is 32.1. The second-order valence-electron chi connectivity index (χ2n) is 5.62. The molecule has 1 aliphatic heterocycles. The van der Waals surface area contributed by atoms with E-state index < -0.39 is 0 Å². The van der Waals surface area contributed by atoms with E-state index >= 15 is 0 Å². The quantitative estimate of drug-likeness (QED) is 0.862. The fourth-order valence-electron chi connectivity index (χ4n) is 2.92. The zero-order valence-corrected chi connectivity index (χ0v) is 12.9. The normalized spacial score (nSPS) is 20.6. The third-order valence-electron chi connectivity index (χ3n) is 4.26. The van der Waals surface area contributed by atoms with Crippen molar-refractivity contribution in [3.8, 4) is 0 Å². The van der Waals surface area contributed by atoms with Gasteiger partial charge in [0.05, 0.1) is 0 Å². The van der Waals surface area contributed by atoms with Crippen molar-refractivity contribution >= 4 is 17.2 Å². The first-order chi connectivity index (χ1) is 9.61. The third-order valence-corrected chi connectivity index (χ3v) is 4.48. The summed E-state index contributed by atoms with van der Waals surface area (Å²) in [6.45, 7) is 5.01. The molecule has 2 rings (SSSR count). The number of halogens is 1. The molecule has 1 heterocycles. The lowest BCUT2D eigenvalue weighted by Gasteiger charge is -2.21. The molecule has 0 radical (unpaired) electrons. The van der Waals surface area contributed by atoms with Crippen molar-refractivity contribution in [2.45, 2.75) is 39.2 Å². The van der Waals surface area contributed by atoms with Crippen LogP contribution in [-0.4, -0.2) is 23.0 Å². The van der Waals surface area contributed by atoms with Gasteiger partial charge in [0.15, 0.2) is 0 Å². The Kier molecular flexibility index (Phi) is 5.49. The Morgan fingerprint density at radius 2 is 2.20 bits per heavy atom. The summed E-state index contributed by atoms with van der Waals surface area (Å²) in [6, 6.07) is 5.32. The first kappa shape index (κ1) is 15.4. The predicted octanol–water partition coefficient (Wildman–Crippen LogP) is 3.47. The standard InChI is InChI=1S/C16H23FN2S/c1-2-12-5-4-9-19(10-8-12)11-13-6-3-7-14(15(13)17)16(18)20/h3,6-7,12H,2,4-5,8-11H2,1H3,(H2,18,20). The molecule has 1 atom stereocenters. The van der Waals surface area contributed by atoms with Gasteiger partial charge in [0, 0.05) is 17.7 Å². The van der Waals surface area contributed by atoms with Gasteiger partial charge in [-0.3, -0.25) is 4.90 Å². The molecule has 0 amide bonds. The van der Waals surface area contributed by atoms with Gasteiger partial charge in [-0.2, -0.15) is 0 Å². The molecule has 1 saturated heterocycles. The van der Waals surface area contributed by atoms with Gasteiger partial charge in [-0.15, -0.1) is 0 Å². The number of hydrogen-bond donors (Lipinski definition) is 1. The van der Waals surface area contributed by atoms with Crippen LogP contribution in [0.5, 0.6) is 0 Å². The van der Waals surface area contributed by atoms with E-state index in [2.05, 4.69) is 11.8 Å². The van der Waals surface area contributed by atoms with Crippen molar-refractivity contribution < 1.29 is 4.39 Å². The molecule has 20 heavy (non-hydrogen) atoms. The lowest BCUT2D eigenvalue weighted by molar-refractivity contribution is 0.268. The molecule has 110 valence electrons. The highest BCUT2D eigenvalue weighted by Gasteiger charge is 2.18. The highest BCUT2D eigenvalue weighted by molar-refractivity contribution is 7.80. The van der Waals surface area contributed by atoms with Gasteiger partial charge in [0.1, 0.15) is 10.8 Å². The van der Waals surface area contributed by atoms with Crippen LogP contribution in [-0.2, 0) is 6.54 Å². The third kappa shape index (κ3) is 3.76. The first-order valence-corrected chi connectivity index (χ1v) is 7.82. The van der Waals surface area contributed by atoms with E-state index in [0.29, 0.717) is 17.7 Å². The fraction of sp³-hybridized carbons (Fsp3) is 0.562. The number of nitrogens with zero attached hydrogens (tertiary/aromatic N) is 1. The Labute approximate surface area is 126 Å². The number of hydrogen-bond acceptors (Lipinski definition) is 2. The van der Waals surface area contributed by atoms with Crippen molar-refractivity contribution in [2.24, 2.45) is 11.7 Å². The Morgan fingerprint density at radius 1 is 1.40 bits per heavy atom. The Bertz CT molecular complexity index is 476. The number of thiocarbonyl (C=S) groups is 1. The van der Waals surface area contributed by atoms with E-state index in [-0.39, 0.29) is 10.8 Å². The van der Waals surface area contributed by atoms with Crippen molar-refractivity contribution in [2.75, 3.05) is 13.1 Å². The van der Waals surface area contributed by atoms with Crippen LogP contribution in [0.25, 0.3) is 0 Å². The van der Waals surface area contributed by atoms with Gasteiger partial charge >= 0.3 is 0 Å². The number of benzene rings is 1. The van der Waals surface area contributed by atoms with Gasteiger partial charge < -0.3 is 5.73 Å². The topological polar surface area (TPSA) is 29.3 Å². The SMILES string of the molecule is CCC1CCCN(Cc2cccc(C(N)=S)c2F)CC1. The maximum Gasteiger partial charge on any atom is 0.137 e.